The Morgan fingerprint density at radius 1 is 1.16 bits per heavy atom. The Balaban J connectivity index is 2.06. The lowest BCUT2D eigenvalue weighted by Gasteiger charge is -2.36. The summed E-state index contributed by atoms with van der Waals surface area (Å²) in [5.41, 5.74) is -5.71. The van der Waals surface area contributed by atoms with Gasteiger partial charge in [0.1, 0.15) is 26.9 Å². The molecule has 2 aliphatic rings. The van der Waals surface area contributed by atoms with Crippen molar-refractivity contribution < 1.29 is 33.1 Å². The van der Waals surface area contributed by atoms with E-state index in [9.17, 15) is 14.6 Å². The van der Waals surface area contributed by atoms with E-state index < -0.39 is 41.7 Å². The molecule has 0 saturated carbocycles. The molecule has 0 aromatic carbocycles. The Bertz CT molecular complexity index is 582. The van der Waals surface area contributed by atoms with Gasteiger partial charge in [0, 0.05) is 11.0 Å². The Morgan fingerprint density at radius 3 is 2.12 bits per heavy atom. The van der Waals surface area contributed by atoms with Crippen molar-refractivity contribution in [1.82, 2.24) is 0 Å². The minimum absolute atomic E-state index is 0.157. The van der Waals surface area contributed by atoms with Crippen molar-refractivity contribution in [1.29, 1.82) is 0 Å². The van der Waals surface area contributed by atoms with Gasteiger partial charge in [-0.15, -0.1) is 0 Å². The van der Waals surface area contributed by atoms with Gasteiger partial charge in [-0.05, 0) is 54.4 Å². The van der Waals surface area contributed by atoms with Crippen molar-refractivity contribution in [2.45, 2.75) is 88.3 Å². The number of phosphoric acid groups is 1. The largest absolute Gasteiger partial charge is 0.472 e. The van der Waals surface area contributed by atoms with E-state index in [0.29, 0.717) is 0 Å². The van der Waals surface area contributed by atoms with Gasteiger partial charge in [0.25, 0.3) is 0 Å². The summed E-state index contributed by atoms with van der Waals surface area (Å²) < 4.78 is 34.2. The first-order valence-corrected chi connectivity index (χ1v) is 9.77. The van der Waals surface area contributed by atoms with Crippen LogP contribution < -0.4 is 0 Å². The second-order valence-corrected chi connectivity index (χ2v) is 9.87. The molecule has 0 bridgehead atoms. The molecule has 7 atom stereocenters. The first kappa shape index (κ1) is 21.4. The van der Waals surface area contributed by atoms with E-state index in [1.807, 2.05) is 0 Å². The maximum absolute atomic E-state index is 12.4. The molecule has 0 spiro atoms. The van der Waals surface area contributed by atoms with Gasteiger partial charge >= 0.3 is 7.82 Å². The molecule has 0 amide bonds. The van der Waals surface area contributed by atoms with Gasteiger partial charge in [0.2, 0.25) is 0 Å². The summed E-state index contributed by atoms with van der Waals surface area (Å²) in [5, 5.41) is 10.6. The molecule has 140 valence electrons. The quantitative estimate of drug-likeness (QED) is 0.557. The summed E-state index contributed by atoms with van der Waals surface area (Å²) in [5.74, 6) is 0. The fourth-order valence-corrected chi connectivity index (χ4v) is 4.93. The van der Waals surface area contributed by atoms with Crippen molar-refractivity contribution in [3.05, 3.63) is 0 Å². The third-order valence-electron chi connectivity index (χ3n) is 5.13. The van der Waals surface area contributed by atoms with Crippen molar-refractivity contribution in [3.8, 4) is 0 Å². The van der Waals surface area contributed by atoms with E-state index >= 15 is 0 Å². The molecule has 2 heterocycles. The fourth-order valence-electron chi connectivity index (χ4n) is 3.73. The summed E-state index contributed by atoms with van der Waals surface area (Å²) >= 11 is 0. The Hall–Kier alpha value is 0.120. The Morgan fingerprint density at radius 2 is 1.72 bits per heavy atom. The molecule has 0 aromatic heterocycles. The second kappa shape index (κ2) is 6.06. The van der Waals surface area contributed by atoms with Crippen LogP contribution in [0.25, 0.3) is 0 Å². The first-order chi connectivity index (χ1) is 10.9. The zero-order valence-electron chi connectivity index (χ0n) is 15.7. The summed E-state index contributed by atoms with van der Waals surface area (Å²) in [6, 6.07) is 0. The Labute approximate surface area is 152 Å². The highest BCUT2D eigenvalue weighted by atomic mass is 31.2. The van der Waals surface area contributed by atoms with Crippen LogP contribution in [0.1, 0.15) is 54.4 Å². The number of phosphoric ester groups is 1. The van der Waals surface area contributed by atoms with Crippen LogP contribution in [0.2, 0.25) is 0 Å². The van der Waals surface area contributed by atoms with Crippen LogP contribution in [0.5, 0.6) is 0 Å². The molecule has 2 rings (SSSR count). The van der Waals surface area contributed by atoms with E-state index in [2.05, 4.69) is 0 Å². The van der Waals surface area contributed by atoms with Crippen LogP contribution in [0.15, 0.2) is 0 Å². The predicted octanol–water partition coefficient (Wildman–Crippen LogP) is 1.39. The lowest BCUT2D eigenvalue weighted by Crippen LogP contribution is -2.49. The molecule has 7 nitrogen and oxygen atoms in total. The third kappa shape index (κ3) is 4.52. The van der Waals surface area contributed by atoms with Gasteiger partial charge in [-0.1, -0.05) is 0 Å². The van der Waals surface area contributed by atoms with Crippen LogP contribution >= 0.6 is 7.82 Å². The molecule has 10 heteroatoms. The lowest BCUT2D eigenvalue weighted by atomic mass is 9.75. The standard InChI is InChI=1S/C15H27B2O7P/c1-10-11(2,7-14(5,16)22-10)24-25(19,20)21-9-13(4)12(3,18)8-15(6,17)23-13/h10,18H,7-9H2,1-6H3,(H,19,20). The zero-order valence-corrected chi connectivity index (χ0v) is 16.6. The van der Waals surface area contributed by atoms with Crippen molar-refractivity contribution in [2.24, 2.45) is 0 Å². The number of aliphatic hydroxyl groups is 1. The molecule has 25 heavy (non-hydrogen) atoms. The average molecular weight is 372 g/mol. The molecular weight excluding hydrogens is 345 g/mol. The minimum atomic E-state index is -4.46. The smallest absolute Gasteiger partial charge is 0.387 e. The van der Waals surface area contributed by atoms with Gasteiger partial charge in [-0.3, -0.25) is 9.05 Å². The highest BCUT2D eigenvalue weighted by molar-refractivity contribution is 7.47. The average Bonchev–Trinajstić information content (AvgIpc) is 2.61. The molecule has 0 aliphatic carbocycles. The number of hydrogen-bond donors (Lipinski definition) is 2. The normalized spacial score (nSPS) is 53.0. The molecule has 7 unspecified atom stereocenters. The van der Waals surface area contributed by atoms with Gasteiger partial charge in [-0.25, -0.2) is 4.57 Å². The highest BCUT2D eigenvalue weighted by Crippen LogP contribution is 2.54. The maximum atomic E-state index is 12.4. The summed E-state index contributed by atoms with van der Waals surface area (Å²) in [6.07, 6.45) is -0.119. The summed E-state index contributed by atoms with van der Waals surface area (Å²) in [7, 11) is 7.42. The van der Waals surface area contributed by atoms with E-state index in [4.69, 9.17) is 34.2 Å². The fraction of sp³-hybridized carbons (Fsp3) is 1.00. The molecule has 2 fully saturated rings. The van der Waals surface area contributed by atoms with Crippen LogP contribution in [0, 0.1) is 0 Å². The van der Waals surface area contributed by atoms with E-state index in [-0.39, 0.29) is 19.4 Å². The zero-order chi connectivity index (χ0) is 19.5. The SMILES string of the molecule is [B]C1(C)CC(C)(OP(=O)(O)OCC2(C)OC([B])(C)CC2(C)O)C(C)O1. The predicted molar refractivity (Wildman–Crippen MR) is 93.5 cm³/mol. The molecule has 4 radical (unpaired) electrons. The number of ether oxygens (including phenoxy) is 2. The van der Waals surface area contributed by atoms with Crippen LogP contribution in [-0.2, 0) is 23.1 Å². The lowest BCUT2D eigenvalue weighted by molar-refractivity contribution is -0.142. The van der Waals surface area contributed by atoms with Gasteiger partial charge in [0.05, 0.1) is 18.3 Å². The van der Waals surface area contributed by atoms with E-state index in [1.165, 1.54) is 0 Å². The Kier molecular flexibility index (Phi) is 5.19. The van der Waals surface area contributed by atoms with Crippen LogP contribution in [0.3, 0.4) is 0 Å². The number of rotatable bonds is 5. The molecule has 2 aliphatic heterocycles. The van der Waals surface area contributed by atoms with Crippen LogP contribution in [0.4, 0.5) is 0 Å². The second-order valence-electron chi connectivity index (χ2n) is 8.49. The summed E-state index contributed by atoms with van der Waals surface area (Å²) in [4.78, 5) is 10.1. The van der Waals surface area contributed by atoms with Crippen molar-refractivity contribution in [3.63, 3.8) is 0 Å². The number of hydrogen-bond acceptors (Lipinski definition) is 6. The molecule has 2 saturated heterocycles. The monoisotopic (exact) mass is 372 g/mol. The minimum Gasteiger partial charge on any atom is -0.387 e. The van der Waals surface area contributed by atoms with Gasteiger partial charge < -0.3 is 19.5 Å². The molecule has 0 aromatic rings. The molecular formula is C15H27B2O7P. The highest BCUT2D eigenvalue weighted by Gasteiger charge is 2.57. The van der Waals surface area contributed by atoms with Crippen molar-refractivity contribution >= 4 is 23.5 Å². The van der Waals surface area contributed by atoms with E-state index in [1.54, 1.807) is 41.5 Å². The molecule has 2 N–H and O–H groups in total. The topological polar surface area (TPSA) is 94.5 Å². The maximum Gasteiger partial charge on any atom is 0.472 e. The van der Waals surface area contributed by atoms with E-state index in [0.717, 1.165) is 0 Å². The van der Waals surface area contributed by atoms with Gasteiger partial charge in [-0.2, -0.15) is 0 Å². The van der Waals surface area contributed by atoms with Crippen molar-refractivity contribution in [2.75, 3.05) is 6.61 Å². The van der Waals surface area contributed by atoms with Crippen LogP contribution in [-0.4, -0.2) is 66.2 Å². The third-order valence-corrected chi connectivity index (χ3v) is 6.23. The van der Waals surface area contributed by atoms with Gasteiger partial charge in [0.15, 0.2) is 0 Å². The first-order valence-electron chi connectivity index (χ1n) is 8.27. The summed E-state index contributed by atoms with van der Waals surface area (Å²) in [6.45, 7) is 9.41.